The van der Waals surface area contributed by atoms with Gasteiger partial charge in [-0.05, 0) is 38.0 Å². The number of carbonyl (C=O) groups excluding carboxylic acids is 3. The number of hydrogen-bond acceptors (Lipinski definition) is 6. The van der Waals surface area contributed by atoms with Crippen LogP contribution in [0.3, 0.4) is 0 Å². The van der Waals surface area contributed by atoms with E-state index in [1.54, 1.807) is 16.7 Å². The first-order chi connectivity index (χ1) is 17.4. The van der Waals surface area contributed by atoms with Crippen LogP contribution in [-0.4, -0.2) is 80.6 Å². The van der Waals surface area contributed by atoms with Gasteiger partial charge >= 0.3 is 5.97 Å². The van der Waals surface area contributed by atoms with Gasteiger partial charge < -0.3 is 19.6 Å². The molecule has 4 aliphatic heterocycles. The standard InChI is InChI=1S/C28H40N2O5S/c1-18(2)16-20(17-31)30-24-26(33)29(19-10-5-3-6-11-19)14-9-13-28(24)23(25(30)32)22-21(36-28)12-7-4-8-15-35-27(22)34/h7,9,12-13,18-24,31H,3-6,8,10-11,14-17H2,1-2H3/b12-7-/t20-,21+,22-,23+,24?,28+/m1/s1. The number of thioether (sulfide) groups is 1. The number of likely N-dealkylation sites (tertiary alicyclic amines) is 1. The van der Waals surface area contributed by atoms with Crippen LogP contribution in [0, 0.1) is 17.8 Å². The highest BCUT2D eigenvalue weighted by Gasteiger charge is 2.71. The van der Waals surface area contributed by atoms with E-state index in [0.29, 0.717) is 19.6 Å². The molecule has 7 nitrogen and oxygen atoms in total. The van der Waals surface area contributed by atoms with Crippen LogP contribution in [0.25, 0.3) is 0 Å². The molecular weight excluding hydrogens is 476 g/mol. The molecule has 36 heavy (non-hydrogen) atoms. The summed E-state index contributed by atoms with van der Waals surface area (Å²) in [7, 11) is 0. The highest BCUT2D eigenvalue weighted by Crippen LogP contribution is 2.61. The van der Waals surface area contributed by atoms with Crippen molar-refractivity contribution in [2.24, 2.45) is 17.8 Å². The van der Waals surface area contributed by atoms with Crippen molar-refractivity contribution >= 4 is 29.5 Å². The van der Waals surface area contributed by atoms with E-state index in [1.165, 1.54) is 6.42 Å². The molecule has 1 saturated carbocycles. The molecule has 198 valence electrons. The van der Waals surface area contributed by atoms with Gasteiger partial charge in [0.25, 0.3) is 0 Å². The Morgan fingerprint density at radius 2 is 1.89 bits per heavy atom. The molecule has 4 heterocycles. The van der Waals surface area contributed by atoms with E-state index in [1.807, 2.05) is 4.90 Å². The lowest BCUT2D eigenvalue weighted by Crippen LogP contribution is -2.58. The normalized spacial score (nSPS) is 36.9. The Labute approximate surface area is 218 Å². The van der Waals surface area contributed by atoms with Crippen LogP contribution in [-0.2, 0) is 19.1 Å². The molecule has 0 aromatic carbocycles. The summed E-state index contributed by atoms with van der Waals surface area (Å²) in [6, 6.07) is -1.02. The molecule has 0 aromatic rings. The summed E-state index contributed by atoms with van der Waals surface area (Å²) >= 11 is 1.59. The Bertz CT molecular complexity index is 929. The minimum atomic E-state index is -0.847. The zero-order chi connectivity index (χ0) is 25.4. The first kappa shape index (κ1) is 25.8. The van der Waals surface area contributed by atoms with Gasteiger partial charge in [-0.3, -0.25) is 14.4 Å². The quantitative estimate of drug-likeness (QED) is 0.446. The van der Waals surface area contributed by atoms with E-state index in [0.717, 1.165) is 38.5 Å². The molecule has 1 aliphatic carbocycles. The highest BCUT2D eigenvalue weighted by molar-refractivity contribution is 8.02. The van der Waals surface area contributed by atoms with Gasteiger partial charge in [-0.2, -0.15) is 0 Å². The van der Waals surface area contributed by atoms with Crippen LogP contribution >= 0.6 is 11.8 Å². The van der Waals surface area contributed by atoms with Gasteiger partial charge in [0, 0.05) is 17.8 Å². The largest absolute Gasteiger partial charge is 0.465 e. The zero-order valence-electron chi connectivity index (χ0n) is 21.5. The fourth-order valence-corrected chi connectivity index (χ4v) is 9.13. The summed E-state index contributed by atoms with van der Waals surface area (Å²) in [5.41, 5.74) is 0. The molecule has 0 aromatic heterocycles. The summed E-state index contributed by atoms with van der Waals surface area (Å²) in [6.45, 7) is 4.80. The molecule has 1 N–H and O–H groups in total. The van der Waals surface area contributed by atoms with E-state index >= 15 is 0 Å². The molecule has 2 saturated heterocycles. The number of allylic oxidation sites excluding steroid dienone is 1. The molecule has 3 fully saturated rings. The second-order valence-corrected chi connectivity index (χ2v) is 13.0. The van der Waals surface area contributed by atoms with Crippen molar-refractivity contribution in [2.75, 3.05) is 19.8 Å². The van der Waals surface area contributed by atoms with E-state index in [2.05, 4.69) is 38.2 Å². The van der Waals surface area contributed by atoms with Gasteiger partial charge in [0.15, 0.2) is 0 Å². The maximum absolute atomic E-state index is 14.5. The van der Waals surface area contributed by atoms with E-state index in [-0.39, 0.29) is 41.6 Å². The Kier molecular flexibility index (Phi) is 7.55. The minimum absolute atomic E-state index is 0.0266. The Hall–Kier alpha value is -1.80. The molecule has 0 bridgehead atoms. The highest BCUT2D eigenvalue weighted by atomic mass is 32.2. The van der Waals surface area contributed by atoms with Crippen molar-refractivity contribution in [3.05, 3.63) is 24.3 Å². The Morgan fingerprint density at radius 1 is 1.11 bits per heavy atom. The second-order valence-electron chi connectivity index (χ2n) is 11.5. The lowest BCUT2D eigenvalue weighted by atomic mass is 9.78. The zero-order valence-corrected chi connectivity index (χ0v) is 22.3. The number of carbonyl (C=O) groups is 3. The van der Waals surface area contributed by atoms with Crippen LogP contribution < -0.4 is 0 Å². The molecule has 5 rings (SSSR count). The van der Waals surface area contributed by atoms with E-state index in [4.69, 9.17) is 4.74 Å². The first-order valence-electron chi connectivity index (χ1n) is 13.8. The van der Waals surface area contributed by atoms with Crippen LogP contribution in [0.15, 0.2) is 24.3 Å². The third-order valence-electron chi connectivity index (χ3n) is 8.68. The van der Waals surface area contributed by atoms with Crippen molar-refractivity contribution in [2.45, 2.75) is 93.3 Å². The third kappa shape index (κ3) is 4.32. The molecule has 0 radical (unpaired) electrons. The molecule has 8 heteroatoms. The van der Waals surface area contributed by atoms with Crippen molar-refractivity contribution in [3.8, 4) is 0 Å². The minimum Gasteiger partial charge on any atom is -0.465 e. The summed E-state index contributed by atoms with van der Waals surface area (Å²) in [5, 5.41) is 10.2. The van der Waals surface area contributed by atoms with E-state index in [9.17, 15) is 19.5 Å². The third-order valence-corrected chi connectivity index (χ3v) is 10.4. The van der Waals surface area contributed by atoms with Crippen molar-refractivity contribution in [1.29, 1.82) is 0 Å². The second kappa shape index (κ2) is 10.5. The summed E-state index contributed by atoms with van der Waals surface area (Å²) < 4.78 is 4.79. The molecule has 6 atom stereocenters. The van der Waals surface area contributed by atoms with E-state index < -0.39 is 28.7 Å². The van der Waals surface area contributed by atoms with Gasteiger partial charge in [-0.25, -0.2) is 0 Å². The number of nitrogens with zero attached hydrogens (tertiary/aromatic N) is 2. The van der Waals surface area contributed by atoms with Crippen LogP contribution in [0.2, 0.25) is 0 Å². The summed E-state index contributed by atoms with van der Waals surface area (Å²) in [5.74, 6) is -1.63. The SMILES string of the molecule is CC(C)C[C@H](CO)N1C(=O)[C@@H]2[C@@H]3C(=O)OCCC/C=C\[C@@H]3S[C@@]23C=CCN(C2CCCCC2)C(=O)C13. The number of ether oxygens (including phenoxy) is 1. The lowest BCUT2D eigenvalue weighted by molar-refractivity contribution is -0.153. The maximum atomic E-state index is 14.5. The van der Waals surface area contributed by atoms with Gasteiger partial charge in [-0.15, -0.1) is 11.8 Å². The number of rotatable bonds is 5. The van der Waals surface area contributed by atoms with Gasteiger partial charge in [0.1, 0.15) is 6.04 Å². The molecular formula is C28H40N2O5S. The predicted molar refractivity (Wildman–Crippen MR) is 139 cm³/mol. The number of aliphatic hydroxyl groups is 1. The van der Waals surface area contributed by atoms with Crippen molar-refractivity contribution in [1.82, 2.24) is 9.80 Å². The monoisotopic (exact) mass is 516 g/mol. The number of cyclic esters (lactones) is 1. The summed E-state index contributed by atoms with van der Waals surface area (Å²) in [6.07, 6.45) is 15.9. The average molecular weight is 517 g/mol. The van der Waals surface area contributed by atoms with Crippen LogP contribution in [0.1, 0.15) is 65.2 Å². The fourth-order valence-electron chi connectivity index (χ4n) is 7.14. The van der Waals surface area contributed by atoms with Gasteiger partial charge in [0.05, 0.1) is 35.8 Å². The Morgan fingerprint density at radius 3 is 2.61 bits per heavy atom. The predicted octanol–water partition coefficient (Wildman–Crippen LogP) is 3.32. The average Bonchev–Trinajstić information content (AvgIpc) is 3.28. The van der Waals surface area contributed by atoms with Gasteiger partial charge in [0.2, 0.25) is 11.8 Å². The molecule has 1 spiro atoms. The molecule has 5 aliphatic rings. The number of amides is 2. The Balaban J connectivity index is 1.60. The van der Waals surface area contributed by atoms with Gasteiger partial charge in [-0.1, -0.05) is 57.4 Å². The lowest BCUT2D eigenvalue weighted by Gasteiger charge is -2.41. The number of esters is 1. The number of fused-ring (bicyclic) bond motifs is 2. The van der Waals surface area contributed by atoms with Crippen LogP contribution in [0.4, 0.5) is 0 Å². The molecule has 1 unspecified atom stereocenters. The number of hydrogen-bond donors (Lipinski definition) is 1. The van der Waals surface area contributed by atoms with Crippen molar-refractivity contribution in [3.63, 3.8) is 0 Å². The first-order valence-corrected chi connectivity index (χ1v) is 14.7. The van der Waals surface area contributed by atoms with Crippen molar-refractivity contribution < 1.29 is 24.2 Å². The summed E-state index contributed by atoms with van der Waals surface area (Å²) in [4.78, 5) is 45.8. The maximum Gasteiger partial charge on any atom is 0.311 e. The molecule has 2 amide bonds. The number of aliphatic hydroxyl groups excluding tert-OH is 1. The van der Waals surface area contributed by atoms with Crippen LogP contribution in [0.5, 0.6) is 0 Å². The fraction of sp³-hybridized carbons (Fsp3) is 0.750. The topological polar surface area (TPSA) is 87.2 Å². The smallest absolute Gasteiger partial charge is 0.311 e.